The molecule has 0 spiro atoms. The highest BCUT2D eigenvalue weighted by atomic mass is 32.1. The topological polar surface area (TPSA) is 103 Å². The van der Waals surface area contributed by atoms with Gasteiger partial charge in [0.1, 0.15) is 5.75 Å². The van der Waals surface area contributed by atoms with Crippen molar-refractivity contribution in [1.29, 1.82) is 0 Å². The summed E-state index contributed by atoms with van der Waals surface area (Å²) in [6.07, 6.45) is 2.08. The van der Waals surface area contributed by atoms with Crippen LogP contribution in [0.4, 0.5) is 5.13 Å². The first-order valence-electron chi connectivity index (χ1n) is 8.41. The van der Waals surface area contributed by atoms with Crippen LogP contribution >= 0.6 is 11.3 Å². The van der Waals surface area contributed by atoms with Crippen molar-refractivity contribution in [2.45, 2.75) is 19.8 Å². The number of aromatic nitrogens is 3. The number of fused-ring (bicyclic) bond motifs is 1. The Hall–Kier alpha value is -3.20. The standard InChI is InChI=1S/C18H16N4O4S/c1-2-24-11-5-6-12-14(10-11)27-18(19-12)20-15(23)7-8-16-21-17(22-26-16)13-4-3-9-25-13/h3-6,9-10H,2,7-8H2,1H3,(H,19,20,23). The van der Waals surface area contributed by atoms with Gasteiger partial charge in [0.25, 0.3) is 0 Å². The average molecular weight is 384 g/mol. The second-order valence-corrected chi connectivity index (χ2v) is 6.65. The molecule has 9 heteroatoms. The molecule has 0 saturated carbocycles. The number of furan rings is 1. The first-order valence-corrected chi connectivity index (χ1v) is 9.22. The monoisotopic (exact) mass is 384 g/mol. The number of carbonyl (C=O) groups is 1. The van der Waals surface area contributed by atoms with Crippen LogP contribution in [0, 0.1) is 0 Å². The van der Waals surface area contributed by atoms with Crippen molar-refractivity contribution in [3.05, 3.63) is 42.5 Å². The first kappa shape index (κ1) is 17.2. The number of hydrogen-bond donors (Lipinski definition) is 1. The van der Waals surface area contributed by atoms with E-state index >= 15 is 0 Å². The first-order chi connectivity index (χ1) is 13.2. The lowest BCUT2D eigenvalue weighted by Gasteiger charge is -2.00. The Morgan fingerprint density at radius 3 is 3.04 bits per heavy atom. The van der Waals surface area contributed by atoms with Crippen LogP contribution in [0.5, 0.6) is 5.75 Å². The highest BCUT2D eigenvalue weighted by molar-refractivity contribution is 7.22. The second kappa shape index (κ2) is 7.58. The van der Waals surface area contributed by atoms with Crippen molar-refractivity contribution < 1.29 is 18.5 Å². The third-order valence-electron chi connectivity index (χ3n) is 3.69. The van der Waals surface area contributed by atoms with Gasteiger partial charge in [0.2, 0.25) is 17.6 Å². The molecule has 138 valence electrons. The minimum absolute atomic E-state index is 0.170. The molecule has 0 fully saturated rings. The maximum atomic E-state index is 12.2. The summed E-state index contributed by atoms with van der Waals surface area (Å²) in [5.74, 6) is 1.89. The maximum Gasteiger partial charge on any atom is 0.238 e. The van der Waals surface area contributed by atoms with Crippen molar-refractivity contribution in [3.63, 3.8) is 0 Å². The zero-order valence-corrected chi connectivity index (χ0v) is 15.3. The van der Waals surface area contributed by atoms with E-state index in [1.807, 2.05) is 25.1 Å². The number of ether oxygens (including phenoxy) is 1. The summed E-state index contributed by atoms with van der Waals surface area (Å²) in [6, 6.07) is 9.14. The fourth-order valence-electron chi connectivity index (χ4n) is 2.48. The quantitative estimate of drug-likeness (QED) is 0.515. The number of carbonyl (C=O) groups excluding carboxylic acids is 1. The van der Waals surface area contributed by atoms with Crippen molar-refractivity contribution in [3.8, 4) is 17.3 Å². The molecule has 8 nitrogen and oxygen atoms in total. The van der Waals surface area contributed by atoms with Gasteiger partial charge in [-0.05, 0) is 37.3 Å². The highest BCUT2D eigenvalue weighted by Crippen LogP contribution is 2.29. The van der Waals surface area contributed by atoms with Crippen LogP contribution in [-0.4, -0.2) is 27.6 Å². The molecule has 1 aromatic carbocycles. The molecule has 0 aliphatic carbocycles. The molecule has 3 heterocycles. The number of benzene rings is 1. The normalized spacial score (nSPS) is 11.0. The summed E-state index contributed by atoms with van der Waals surface area (Å²) in [4.78, 5) is 20.8. The van der Waals surface area contributed by atoms with E-state index in [4.69, 9.17) is 13.7 Å². The molecule has 27 heavy (non-hydrogen) atoms. The lowest BCUT2D eigenvalue weighted by atomic mass is 10.3. The third-order valence-corrected chi connectivity index (χ3v) is 4.63. The van der Waals surface area contributed by atoms with E-state index in [-0.39, 0.29) is 12.3 Å². The van der Waals surface area contributed by atoms with Gasteiger partial charge >= 0.3 is 0 Å². The number of hydrogen-bond acceptors (Lipinski definition) is 8. The summed E-state index contributed by atoms with van der Waals surface area (Å²) >= 11 is 1.40. The molecule has 0 aliphatic rings. The molecule has 0 atom stereocenters. The predicted octanol–water partition coefficient (Wildman–Crippen LogP) is 3.91. The van der Waals surface area contributed by atoms with Crippen LogP contribution in [0.1, 0.15) is 19.2 Å². The van der Waals surface area contributed by atoms with E-state index in [1.165, 1.54) is 17.6 Å². The van der Waals surface area contributed by atoms with Gasteiger partial charge in [-0.3, -0.25) is 4.79 Å². The zero-order valence-electron chi connectivity index (χ0n) is 14.5. The van der Waals surface area contributed by atoms with Gasteiger partial charge in [0.15, 0.2) is 10.9 Å². The second-order valence-electron chi connectivity index (χ2n) is 5.62. The molecule has 4 rings (SSSR count). The zero-order chi connectivity index (χ0) is 18.6. The van der Waals surface area contributed by atoms with Gasteiger partial charge < -0.3 is 19.0 Å². The van der Waals surface area contributed by atoms with E-state index in [9.17, 15) is 4.79 Å². The molecule has 0 unspecified atom stereocenters. The van der Waals surface area contributed by atoms with E-state index in [2.05, 4.69) is 20.4 Å². The predicted molar refractivity (Wildman–Crippen MR) is 99.7 cm³/mol. The molecular weight excluding hydrogens is 368 g/mol. The Bertz CT molecular complexity index is 1050. The van der Waals surface area contributed by atoms with E-state index in [1.54, 1.807) is 12.1 Å². The number of anilines is 1. The Kier molecular flexibility index (Phi) is 4.84. The molecular formula is C18H16N4O4S. The largest absolute Gasteiger partial charge is 0.494 e. The van der Waals surface area contributed by atoms with Gasteiger partial charge in [-0.1, -0.05) is 16.5 Å². The van der Waals surface area contributed by atoms with Gasteiger partial charge in [-0.25, -0.2) is 4.98 Å². The molecule has 0 bridgehead atoms. The van der Waals surface area contributed by atoms with Gasteiger partial charge in [0.05, 0.1) is 23.1 Å². The molecule has 0 radical (unpaired) electrons. The minimum atomic E-state index is -0.170. The summed E-state index contributed by atoms with van der Waals surface area (Å²) < 4.78 is 16.8. The summed E-state index contributed by atoms with van der Waals surface area (Å²) in [5.41, 5.74) is 0.818. The lowest BCUT2D eigenvalue weighted by Crippen LogP contribution is -2.12. The lowest BCUT2D eigenvalue weighted by molar-refractivity contribution is -0.116. The molecule has 4 aromatic rings. The number of nitrogens with zero attached hydrogens (tertiary/aromatic N) is 3. The molecule has 1 N–H and O–H groups in total. The SMILES string of the molecule is CCOc1ccc2nc(NC(=O)CCc3nc(-c4ccco4)no3)sc2c1. The van der Waals surface area contributed by atoms with Crippen LogP contribution in [-0.2, 0) is 11.2 Å². The van der Waals surface area contributed by atoms with Crippen molar-refractivity contribution in [2.24, 2.45) is 0 Å². The summed E-state index contributed by atoms with van der Waals surface area (Å²) in [7, 11) is 0. The van der Waals surface area contributed by atoms with Crippen LogP contribution in [0.3, 0.4) is 0 Å². The van der Waals surface area contributed by atoms with E-state index in [0.29, 0.717) is 35.6 Å². The third kappa shape index (κ3) is 3.98. The van der Waals surface area contributed by atoms with Crippen molar-refractivity contribution in [2.75, 3.05) is 11.9 Å². The van der Waals surface area contributed by atoms with Crippen molar-refractivity contribution >= 4 is 32.6 Å². The number of rotatable bonds is 7. The highest BCUT2D eigenvalue weighted by Gasteiger charge is 2.13. The van der Waals surface area contributed by atoms with Crippen molar-refractivity contribution in [1.82, 2.24) is 15.1 Å². The minimum Gasteiger partial charge on any atom is -0.494 e. The number of nitrogens with one attached hydrogen (secondary N) is 1. The van der Waals surface area contributed by atoms with Crippen LogP contribution in [0.15, 0.2) is 45.5 Å². The van der Waals surface area contributed by atoms with Crippen LogP contribution < -0.4 is 10.1 Å². The van der Waals surface area contributed by atoms with Crippen LogP contribution in [0.2, 0.25) is 0 Å². The number of amides is 1. The Morgan fingerprint density at radius 1 is 1.30 bits per heavy atom. The molecule has 1 amide bonds. The Balaban J connectivity index is 1.36. The maximum absolute atomic E-state index is 12.2. The summed E-state index contributed by atoms with van der Waals surface area (Å²) in [6.45, 7) is 2.54. The number of thiazole rings is 1. The molecule has 0 aliphatic heterocycles. The van der Waals surface area contributed by atoms with E-state index in [0.717, 1.165) is 16.0 Å². The fraction of sp³-hybridized carbons (Fsp3) is 0.222. The smallest absolute Gasteiger partial charge is 0.238 e. The van der Waals surface area contributed by atoms with Gasteiger partial charge in [0, 0.05) is 12.8 Å². The number of aryl methyl sites for hydroxylation is 1. The Morgan fingerprint density at radius 2 is 2.22 bits per heavy atom. The Labute approximate surface area is 158 Å². The summed E-state index contributed by atoms with van der Waals surface area (Å²) in [5, 5.41) is 7.19. The fourth-order valence-corrected chi connectivity index (χ4v) is 3.39. The average Bonchev–Trinajstić information content (AvgIpc) is 3.39. The van der Waals surface area contributed by atoms with Gasteiger partial charge in [-0.2, -0.15) is 4.98 Å². The van der Waals surface area contributed by atoms with Crippen LogP contribution in [0.25, 0.3) is 21.8 Å². The van der Waals surface area contributed by atoms with Gasteiger partial charge in [-0.15, -0.1) is 0 Å². The molecule has 3 aromatic heterocycles. The molecule has 0 saturated heterocycles. The van der Waals surface area contributed by atoms with E-state index < -0.39 is 0 Å².